The standard InChI is InChI=1S/C12H24N2O/c1-11(13(2)3)7-8-12(15)14-9-5-4-6-10-14/h11H,4-10H2,1-3H3. The summed E-state index contributed by atoms with van der Waals surface area (Å²) in [4.78, 5) is 16.0. The number of likely N-dealkylation sites (tertiary alicyclic amines) is 1. The van der Waals surface area contributed by atoms with Crippen molar-refractivity contribution in [2.45, 2.75) is 45.1 Å². The predicted molar refractivity (Wildman–Crippen MR) is 62.8 cm³/mol. The van der Waals surface area contributed by atoms with Crippen LogP contribution in [0.4, 0.5) is 0 Å². The van der Waals surface area contributed by atoms with Crippen LogP contribution < -0.4 is 0 Å². The number of carbonyl (C=O) groups excluding carboxylic acids is 1. The number of carbonyl (C=O) groups is 1. The molecule has 0 radical (unpaired) electrons. The number of hydrogen-bond donors (Lipinski definition) is 0. The molecule has 3 nitrogen and oxygen atoms in total. The molecular weight excluding hydrogens is 188 g/mol. The summed E-state index contributed by atoms with van der Waals surface area (Å²) in [6, 6.07) is 0.499. The average molecular weight is 212 g/mol. The number of amides is 1. The average Bonchev–Trinajstić information content (AvgIpc) is 2.26. The van der Waals surface area contributed by atoms with Crippen LogP contribution in [0.3, 0.4) is 0 Å². The third-order valence-electron chi connectivity index (χ3n) is 3.37. The fourth-order valence-electron chi connectivity index (χ4n) is 1.89. The van der Waals surface area contributed by atoms with Gasteiger partial charge in [0, 0.05) is 25.6 Å². The Hall–Kier alpha value is -0.570. The van der Waals surface area contributed by atoms with E-state index in [9.17, 15) is 4.79 Å². The van der Waals surface area contributed by atoms with Crippen molar-refractivity contribution in [3.05, 3.63) is 0 Å². The van der Waals surface area contributed by atoms with E-state index in [1.54, 1.807) is 0 Å². The lowest BCUT2D eigenvalue weighted by Gasteiger charge is -2.27. The first-order valence-electron chi connectivity index (χ1n) is 6.05. The molecule has 0 aromatic carbocycles. The van der Waals surface area contributed by atoms with Gasteiger partial charge in [0.2, 0.25) is 5.91 Å². The number of piperidine rings is 1. The molecule has 1 aliphatic heterocycles. The minimum Gasteiger partial charge on any atom is -0.343 e. The number of rotatable bonds is 4. The van der Waals surface area contributed by atoms with Crippen LogP contribution in [-0.4, -0.2) is 48.9 Å². The summed E-state index contributed by atoms with van der Waals surface area (Å²) < 4.78 is 0. The largest absolute Gasteiger partial charge is 0.343 e. The van der Waals surface area contributed by atoms with Gasteiger partial charge in [0.25, 0.3) is 0 Å². The second kappa shape index (κ2) is 6.11. The van der Waals surface area contributed by atoms with Gasteiger partial charge in [0.05, 0.1) is 0 Å². The monoisotopic (exact) mass is 212 g/mol. The van der Waals surface area contributed by atoms with Crippen LogP contribution in [-0.2, 0) is 4.79 Å². The molecule has 88 valence electrons. The summed E-state index contributed by atoms with van der Waals surface area (Å²) in [5.41, 5.74) is 0. The van der Waals surface area contributed by atoms with Crippen molar-refractivity contribution in [3.63, 3.8) is 0 Å². The zero-order valence-corrected chi connectivity index (χ0v) is 10.3. The van der Waals surface area contributed by atoms with E-state index in [1.165, 1.54) is 19.3 Å². The molecule has 1 fully saturated rings. The quantitative estimate of drug-likeness (QED) is 0.708. The molecule has 0 aromatic heterocycles. The molecule has 1 saturated heterocycles. The van der Waals surface area contributed by atoms with Gasteiger partial charge in [-0.15, -0.1) is 0 Å². The Morgan fingerprint density at radius 3 is 2.40 bits per heavy atom. The van der Waals surface area contributed by atoms with Gasteiger partial charge in [-0.1, -0.05) is 0 Å². The molecule has 0 saturated carbocycles. The Morgan fingerprint density at radius 1 is 1.27 bits per heavy atom. The van der Waals surface area contributed by atoms with Gasteiger partial charge in [-0.05, 0) is 46.7 Å². The maximum Gasteiger partial charge on any atom is 0.222 e. The van der Waals surface area contributed by atoms with Crippen molar-refractivity contribution in [1.82, 2.24) is 9.80 Å². The van der Waals surface area contributed by atoms with Gasteiger partial charge in [0.15, 0.2) is 0 Å². The fraction of sp³-hybridized carbons (Fsp3) is 0.917. The lowest BCUT2D eigenvalue weighted by Crippen LogP contribution is -2.36. The van der Waals surface area contributed by atoms with E-state index >= 15 is 0 Å². The molecule has 0 N–H and O–H groups in total. The van der Waals surface area contributed by atoms with Crippen LogP contribution in [0.25, 0.3) is 0 Å². The molecule has 1 unspecified atom stereocenters. The summed E-state index contributed by atoms with van der Waals surface area (Å²) in [6.45, 7) is 4.13. The summed E-state index contributed by atoms with van der Waals surface area (Å²) in [7, 11) is 4.13. The minimum absolute atomic E-state index is 0.350. The highest BCUT2D eigenvalue weighted by atomic mass is 16.2. The smallest absolute Gasteiger partial charge is 0.222 e. The van der Waals surface area contributed by atoms with E-state index < -0.39 is 0 Å². The van der Waals surface area contributed by atoms with Gasteiger partial charge in [-0.25, -0.2) is 0 Å². The van der Waals surface area contributed by atoms with E-state index in [0.29, 0.717) is 18.4 Å². The Kier molecular flexibility index (Phi) is 5.09. The summed E-state index contributed by atoms with van der Waals surface area (Å²) in [5, 5.41) is 0. The first kappa shape index (κ1) is 12.5. The Labute approximate surface area is 93.4 Å². The third-order valence-corrected chi connectivity index (χ3v) is 3.37. The predicted octanol–water partition coefficient (Wildman–Crippen LogP) is 1.73. The van der Waals surface area contributed by atoms with Gasteiger partial charge in [-0.2, -0.15) is 0 Å². The van der Waals surface area contributed by atoms with E-state index in [-0.39, 0.29) is 0 Å². The summed E-state index contributed by atoms with van der Waals surface area (Å²) in [6.07, 6.45) is 5.35. The Balaban J connectivity index is 2.22. The lowest BCUT2D eigenvalue weighted by atomic mass is 10.1. The molecule has 1 amide bonds. The molecule has 1 aliphatic rings. The molecule has 0 spiro atoms. The molecule has 3 heteroatoms. The SMILES string of the molecule is CC(CCC(=O)N1CCCCC1)N(C)C. The van der Waals surface area contributed by atoms with Gasteiger partial charge in [0.1, 0.15) is 0 Å². The molecule has 0 aliphatic carbocycles. The van der Waals surface area contributed by atoms with Crippen LogP contribution in [0, 0.1) is 0 Å². The third kappa shape index (κ3) is 4.20. The first-order valence-corrected chi connectivity index (χ1v) is 6.05. The minimum atomic E-state index is 0.350. The van der Waals surface area contributed by atoms with Crippen molar-refractivity contribution in [3.8, 4) is 0 Å². The molecule has 0 aromatic rings. The highest BCUT2D eigenvalue weighted by Crippen LogP contribution is 2.12. The van der Waals surface area contributed by atoms with Gasteiger partial charge in [-0.3, -0.25) is 4.79 Å². The van der Waals surface area contributed by atoms with Crippen molar-refractivity contribution in [2.75, 3.05) is 27.2 Å². The maximum atomic E-state index is 11.8. The van der Waals surface area contributed by atoms with Crippen molar-refractivity contribution in [1.29, 1.82) is 0 Å². The second-order valence-corrected chi connectivity index (χ2v) is 4.79. The number of nitrogens with zero attached hydrogens (tertiary/aromatic N) is 2. The molecule has 15 heavy (non-hydrogen) atoms. The first-order chi connectivity index (χ1) is 7.11. The molecule has 0 bridgehead atoms. The molecule has 1 atom stereocenters. The van der Waals surface area contributed by atoms with Crippen LogP contribution >= 0.6 is 0 Å². The van der Waals surface area contributed by atoms with E-state index in [4.69, 9.17) is 0 Å². The topological polar surface area (TPSA) is 23.6 Å². The fourth-order valence-corrected chi connectivity index (χ4v) is 1.89. The van der Waals surface area contributed by atoms with Crippen LogP contribution in [0.2, 0.25) is 0 Å². The van der Waals surface area contributed by atoms with Crippen LogP contribution in [0.1, 0.15) is 39.0 Å². The highest BCUT2D eigenvalue weighted by molar-refractivity contribution is 5.76. The maximum absolute atomic E-state index is 11.8. The Bertz CT molecular complexity index is 198. The van der Waals surface area contributed by atoms with Gasteiger partial charge < -0.3 is 9.80 Å². The van der Waals surface area contributed by atoms with Crippen LogP contribution in [0.15, 0.2) is 0 Å². The van der Waals surface area contributed by atoms with E-state index in [2.05, 4.69) is 25.9 Å². The van der Waals surface area contributed by atoms with Crippen molar-refractivity contribution in [2.24, 2.45) is 0 Å². The lowest BCUT2D eigenvalue weighted by molar-refractivity contribution is -0.132. The van der Waals surface area contributed by atoms with E-state index in [1.807, 2.05) is 4.90 Å². The molecule has 1 heterocycles. The molecular formula is C12H24N2O. The highest BCUT2D eigenvalue weighted by Gasteiger charge is 2.17. The zero-order valence-electron chi connectivity index (χ0n) is 10.3. The normalized spacial score (nSPS) is 19.3. The van der Waals surface area contributed by atoms with Crippen molar-refractivity contribution < 1.29 is 4.79 Å². The van der Waals surface area contributed by atoms with Gasteiger partial charge >= 0.3 is 0 Å². The van der Waals surface area contributed by atoms with Crippen LogP contribution in [0.5, 0.6) is 0 Å². The molecule has 1 rings (SSSR count). The summed E-state index contributed by atoms with van der Waals surface area (Å²) in [5.74, 6) is 0.350. The zero-order chi connectivity index (χ0) is 11.3. The second-order valence-electron chi connectivity index (χ2n) is 4.79. The van der Waals surface area contributed by atoms with Crippen molar-refractivity contribution >= 4 is 5.91 Å². The number of hydrogen-bond acceptors (Lipinski definition) is 2. The van der Waals surface area contributed by atoms with E-state index in [0.717, 1.165) is 19.5 Å². The Morgan fingerprint density at radius 2 is 1.87 bits per heavy atom. The summed E-state index contributed by atoms with van der Waals surface area (Å²) >= 11 is 0.